The van der Waals surface area contributed by atoms with E-state index in [4.69, 9.17) is 18.6 Å². The second kappa shape index (κ2) is 6.59. The van der Waals surface area contributed by atoms with Crippen LogP contribution in [0.5, 0.6) is 5.75 Å². The first kappa shape index (κ1) is 13.9. The summed E-state index contributed by atoms with van der Waals surface area (Å²) < 4.78 is 21.6. The van der Waals surface area contributed by atoms with Gasteiger partial charge in [-0.2, -0.15) is 0 Å². The summed E-state index contributed by atoms with van der Waals surface area (Å²) in [5.41, 5.74) is 2.00. The number of fused-ring (bicyclic) bond motifs is 1. The Morgan fingerprint density at radius 3 is 2.74 bits per heavy atom. The Morgan fingerprint density at radius 2 is 2.05 bits per heavy atom. The van der Waals surface area contributed by atoms with Crippen molar-refractivity contribution in [1.29, 1.82) is 0 Å². The smallest absolute Gasteiger partial charge is 0.176 e. The average molecular weight is 264 g/mol. The zero-order chi connectivity index (χ0) is 13.7. The van der Waals surface area contributed by atoms with Crippen LogP contribution < -0.4 is 4.74 Å². The summed E-state index contributed by atoms with van der Waals surface area (Å²) in [6.45, 7) is 2.83. The van der Waals surface area contributed by atoms with Crippen LogP contribution in [-0.2, 0) is 22.5 Å². The molecule has 1 heterocycles. The lowest BCUT2D eigenvalue weighted by atomic mass is 10.1. The third-order valence-corrected chi connectivity index (χ3v) is 3.02. The third kappa shape index (κ3) is 2.91. The van der Waals surface area contributed by atoms with E-state index in [-0.39, 0.29) is 6.79 Å². The summed E-state index contributed by atoms with van der Waals surface area (Å²) in [4.78, 5) is 0. The molecule has 2 rings (SSSR count). The Labute approximate surface area is 113 Å². The number of furan rings is 1. The molecule has 0 N–H and O–H groups in total. The largest absolute Gasteiger partial charge is 0.493 e. The van der Waals surface area contributed by atoms with Crippen molar-refractivity contribution in [3.05, 3.63) is 29.5 Å². The van der Waals surface area contributed by atoms with E-state index in [1.807, 2.05) is 12.1 Å². The standard InChI is InChI=1S/C15H20O4/c1-4-6-11-12-7-5-8-13(17-3)15(12)19-14(11)9-18-10-16-2/h5,7-8H,4,6,9-10H2,1-3H3. The molecule has 1 aromatic heterocycles. The van der Waals surface area contributed by atoms with Gasteiger partial charge in [0, 0.05) is 18.1 Å². The van der Waals surface area contributed by atoms with Gasteiger partial charge in [-0.1, -0.05) is 25.5 Å². The third-order valence-electron chi connectivity index (χ3n) is 3.02. The summed E-state index contributed by atoms with van der Waals surface area (Å²) in [6, 6.07) is 5.95. The van der Waals surface area contributed by atoms with E-state index in [9.17, 15) is 0 Å². The molecular weight excluding hydrogens is 244 g/mol. The van der Waals surface area contributed by atoms with Gasteiger partial charge in [0.15, 0.2) is 11.3 Å². The second-order valence-electron chi connectivity index (χ2n) is 4.35. The Balaban J connectivity index is 2.40. The number of hydrogen-bond acceptors (Lipinski definition) is 4. The van der Waals surface area contributed by atoms with Gasteiger partial charge in [0.05, 0.1) is 7.11 Å². The first-order valence-corrected chi connectivity index (χ1v) is 6.45. The fourth-order valence-electron chi connectivity index (χ4n) is 2.21. The highest BCUT2D eigenvalue weighted by atomic mass is 16.7. The van der Waals surface area contributed by atoms with Crippen LogP contribution in [0.2, 0.25) is 0 Å². The van der Waals surface area contributed by atoms with Crippen molar-refractivity contribution in [2.24, 2.45) is 0 Å². The van der Waals surface area contributed by atoms with Gasteiger partial charge in [0.1, 0.15) is 19.2 Å². The Bertz CT molecular complexity index is 530. The quantitative estimate of drug-likeness (QED) is 0.567. The SMILES string of the molecule is CCCc1c(COCOC)oc2c(OC)cccc12. The lowest BCUT2D eigenvalue weighted by Crippen LogP contribution is -1.98. The number of rotatable bonds is 7. The minimum absolute atomic E-state index is 0.264. The highest BCUT2D eigenvalue weighted by molar-refractivity contribution is 5.87. The number of methoxy groups -OCH3 is 2. The predicted octanol–water partition coefficient (Wildman–Crippen LogP) is 3.51. The Hall–Kier alpha value is -1.52. The molecule has 4 nitrogen and oxygen atoms in total. The number of benzene rings is 1. The highest BCUT2D eigenvalue weighted by Gasteiger charge is 2.16. The van der Waals surface area contributed by atoms with E-state index in [0.29, 0.717) is 6.61 Å². The topological polar surface area (TPSA) is 40.8 Å². The maximum atomic E-state index is 5.91. The first-order chi connectivity index (χ1) is 9.31. The molecule has 1 aromatic carbocycles. The molecule has 19 heavy (non-hydrogen) atoms. The van der Waals surface area contributed by atoms with E-state index in [2.05, 4.69) is 13.0 Å². The van der Waals surface area contributed by atoms with Gasteiger partial charge in [-0.25, -0.2) is 0 Å². The number of hydrogen-bond donors (Lipinski definition) is 0. The molecule has 0 spiro atoms. The van der Waals surface area contributed by atoms with E-state index < -0.39 is 0 Å². The molecule has 0 aliphatic carbocycles. The predicted molar refractivity (Wildman–Crippen MR) is 73.4 cm³/mol. The summed E-state index contributed by atoms with van der Waals surface area (Å²) in [5.74, 6) is 1.62. The van der Waals surface area contributed by atoms with Crippen LogP contribution in [-0.4, -0.2) is 21.0 Å². The maximum Gasteiger partial charge on any atom is 0.176 e. The van der Waals surface area contributed by atoms with E-state index >= 15 is 0 Å². The van der Waals surface area contributed by atoms with Crippen molar-refractivity contribution in [1.82, 2.24) is 0 Å². The van der Waals surface area contributed by atoms with Crippen LogP contribution >= 0.6 is 0 Å². The van der Waals surface area contributed by atoms with Crippen molar-refractivity contribution >= 4 is 11.0 Å². The lowest BCUT2D eigenvalue weighted by Gasteiger charge is -2.02. The van der Waals surface area contributed by atoms with Crippen LogP contribution in [0.25, 0.3) is 11.0 Å². The Kier molecular flexibility index (Phi) is 4.82. The Morgan fingerprint density at radius 1 is 1.21 bits per heavy atom. The molecule has 0 bridgehead atoms. The summed E-state index contributed by atoms with van der Waals surface area (Å²) >= 11 is 0. The molecule has 0 aliphatic rings. The first-order valence-electron chi connectivity index (χ1n) is 6.45. The van der Waals surface area contributed by atoms with Crippen molar-refractivity contribution in [2.75, 3.05) is 21.0 Å². The minimum Gasteiger partial charge on any atom is -0.493 e. The molecule has 0 amide bonds. The van der Waals surface area contributed by atoms with Crippen LogP contribution in [0, 0.1) is 0 Å². The van der Waals surface area contributed by atoms with E-state index in [0.717, 1.165) is 35.3 Å². The molecule has 0 unspecified atom stereocenters. The highest BCUT2D eigenvalue weighted by Crippen LogP contribution is 2.33. The fourth-order valence-corrected chi connectivity index (χ4v) is 2.21. The monoisotopic (exact) mass is 264 g/mol. The molecule has 0 aliphatic heterocycles. The number of ether oxygens (including phenoxy) is 3. The molecule has 4 heteroatoms. The van der Waals surface area contributed by atoms with Gasteiger partial charge in [0.2, 0.25) is 0 Å². The molecule has 0 radical (unpaired) electrons. The summed E-state index contributed by atoms with van der Waals surface area (Å²) in [6.07, 6.45) is 2.02. The lowest BCUT2D eigenvalue weighted by molar-refractivity contribution is -0.0439. The maximum absolute atomic E-state index is 5.91. The summed E-state index contributed by atoms with van der Waals surface area (Å²) in [7, 11) is 3.26. The zero-order valence-electron chi connectivity index (χ0n) is 11.7. The van der Waals surface area contributed by atoms with Crippen molar-refractivity contribution < 1.29 is 18.6 Å². The minimum atomic E-state index is 0.264. The van der Waals surface area contributed by atoms with Gasteiger partial charge in [-0.3, -0.25) is 0 Å². The molecule has 0 saturated heterocycles. The van der Waals surface area contributed by atoms with Crippen molar-refractivity contribution in [3.63, 3.8) is 0 Å². The molecular formula is C15H20O4. The normalized spacial score (nSPS) is 11.1. The van der Waals surface area contributed by atoms with Crippen LogP contribution in [0.15, 0.2) is 22.6 Å². The average Bonchev–Trinajstić information content (AvgIpc) is 2.78. The van der Waals surface area contributed by atoms with Crippen molar-refractivity contribution in [3.8, 4) is 5.75 Å². The molecule has 0 fully saturated rings. The van der Waals surface area contributed by atoms with Gasteiger partial charge in [0.25, 0.3) is 0 Å². The van der Waals surface area contributed by atoms with Crippen LogP contribution in [0.4, 0.5) is 0 Å². The zero-order valence-corrected chi connectivity index (χ0v) is 11.7. The van der Waals surface area contributed by atoms with Gasteiger partial charge >= 0.3 is 0 Å². The molecule has 104 valence electrons. The van der Waals surface area contributed by atoms with E-state index in [1.54, 1.807) is 14.2 Å². The summed E-state index contributed by atoms with van der Waals surface area (Å²) in [5, 5.41) is 1.11. The second-order valence-corrected chi connectivity index (χ2v) is 4.35. The number of para-hydroxylation sites is 1. The number of aryl methyl sites for hydroxylation is 1. The van der Waals surface area contributed by atoms with Gasteiger partial charge < -0.3 is 18.6 Å². The molecule has 0 atom stereocenters. The van der Waals surface area contributed by atoms with Crippen molar-refractivity contribution in [2.45, 2.75) is 26.4 Å². The molecule has 0 saturated carbocycles. The van der Waals surface area contributed by atoms with Gasteiger partial charge in [-0.15, -0.1) is 0 Å². The molecule has 2 aromatic rings. The fraction of sp³-hybridized carbons (Fsp3) is 0.467. The van der Waals surface area contributed by atoms with E-state index in [1.165, 1.54) is 5.56 Å². The van der Waals surface area contributed by atoms with Crippen LogP contribution in [0.1, 0.15) is 24.7 Å². The van der Waals surface area contributed by atoms with Gasteiger partial charge in [-0.05, 0) is 12.5 Å². The van der Waals surface area contributed by atoms with Crippen LogP contribution in [0.3, 0.4) is 0 Å².